The van der Waals surface area contributed by atoms with Crippen LogP contribution in [-0.4, -0.2) is 14.5 Å². The topological polar surface area (TPSA) is 63.5 Å². The van der Waals surface area contributed by atoms with Crippen molar-refractivity contribution < 1.29 is 5.11 Å². The number of hydrogen-bond donors (Lipinski definition) is 2. The Balaban J connectivity index is 2.06. The predicted octanol–water partition coefficient (Wildman–Crippen LogP) is 2.09. The molecule has 0 bridgehead atoms. The van der Waals surface area contributed by atoms with Crippen molar-refractivity contribution >= 4 is 5.52 Å². The maximum absolute atomic E-state index is 9.51. The van der Waals surface area contributed by atoms with Gasteiger partial charge >= 0.3 is 0 Å². The molecule has 0 atom stereocenters. The van der Waals surface area contributed by atoms with Crippen LogP contribution in [0.1, 0.15) is 17.1 Å². The summed E-state index contributed by atoms with van der Waals surface area (Å²) in [7, 11) is 0. The van der Waals surface area contributed by atoms with Crippen LogP contribution in [0.5, 0.6) is 5.75 Å². The highest BCUT2D eigenvalue weighted by Crippen LogP contribution is 2.17. The normalized spacial score (nSPS) is 11.0. The Bertz CT molecular complexity index is 718. The number of aromatic hydroxyl groups is 1. The van der Waals surface area contributed by atoms with E-state index in [0.717, 1.165) is 22.6 Å². The van der Waals surface area contributed by atoms with Crippen molar-refractivity contribution in [1.29, 1.82) is 0 Å². The minimum absolute atomic E-state index is 0.275. The zero-order chi connectivity index (χ0) is 13.2. The molecule has 3 N–H and O–H groups in total. The maximum Gasteiger partial charge on any atom is 0.117 e. The van der Waals surface area contributed by atoms with E-state index in [1.807, 2.05) is 36.5 Å². The highest BCUT2D eigenvalue weighted by atomic mass is 16.3. The van der Waals surface area contributed by atoms with E-state index in [1.54, 1.807) is 12.1 Å². The van der Waals surface area contributed by atoms with Gasteiger partial charge in [-0.15, -0.1) is 0 Å². The van der Waals surface area contributed by atoms with Gasteiger partial charge in [-0.05, 0) is 29.8 Å². The number of phenolic OH excluding ortho intramolecular Hbond substituents is 1. The molecule has 3 rings (SSSR count). The molecule has 0 aliphatic heterocycles. The van der Waals surface area contributed by atoms with Gasteiger partial charge in [-0.3, -0.25) is 4.40 Å². The second-order valence-corrected chi connectivity index (χ2v) is 4.50. The largest absolute Gasteiger partial charge is 0.508 e. The Morgan fingerprint density at radius 2 is 2.00 bits per heavy atom. The molecule has 4 heteroatoms. The number of rotatable bonds is 3. The molecule has 2 heterocycles. The summed E-state index contributed by atoms with van der Waals surface area (Å²) in [5, 5.41) is 9.51. The lowest BCUT2D eigenvalue weighted by Crippen LogP contribution is -2.06. The van der Waals surface area contributed by atoms with Gasteiger partial charge in [-0.2, -0.15) is 0 Å². The lowest BCUT2D eigenvalue weighted by Gasteiger charge is -2.07. The van der Waals surface area contributed by atoms with Crippen molar-refractivity contribution in [3.8, 4) is 5.75 Å². The molecule has 4 nitrogen and oxygen atoms in total. The van der Waals surface area contributed by atoms with Crippen molar-refractivity contribution in [3.63, 3.8) is 0 Å². The fourth-order valence-electron chi connectivity index (χ4n) is 2.32. The highest BCUT2D eigenvalue weighted by Gasteiger charge is 2.08. The molecule has 0 aliphatic rings. The standard InChI is InChI=1S/C15H15N3O/c16-9-12-4-2-5-13-10-17-15(18(12)13)8-11-3-1-6-14(19)7-11/h1-7,10,19H,8-9,16H2. The van der Waals surface area contributed by atoms with Crippen LogP contribution in [0.2, 0.25) is 0 Å². The number of nitrogens with two attached hydrogens (primary N) is 1. The van der Waals surface area contributed by atoms with Gasteiger partial charge in [-0.1, -0.05) is 18.2 Å². The molecule has 0 radical (unpaired) electrons. The van der Waals surface area contributed by atoms with Crippen LogP contribution in [0.3, 0.4) is 0 Å². The van der Waals surface area contributed by atoms with Gasteiger partial charge in [0.15, 0.2) is 0 Å². The van der Waals surface area contributed by atoms with Gasteiger partial charge in [0.1, 0.15) is 11.6 Å². The van der Waals surface area contributed by atoms with E-state index < -0.39 is 0 Å². The zero-order valence-electron chi connectivity index (χ0n) is 10.5. The lowest BCUT2D eigenvalue weighted by molar-refractivity contribution is 0.474. The highest BCUT2D eigenvalue weighted by molar-refractivity contribution is 5.48. The van der Waals surface area contributed by atoms with Gasteiger partial charge in [0.25, 0.3) is 0 Å². The number of imidazole rings is 1. The Hall–Kier alpha value is -2.33. The molecule has 1 aromatic carbocycles. The second kappa shape index (κ2) is 4.74. The number of hydrogen-bond acceptors (Lipinski definition) is 3. The van der Waals surface area contributed by atoms with Gasteiger partial charge in [-0.25, -0.2) is 4.98 Å². The molecule has 96 valence electrons. The van der Waals surface area contributed by atoms with Gasteiger partial charge < -0.3 is 10.8 Å². The number of pyridine rings is 1. The first-order valence-corrected chi connectivity index (χ1v) is 6.20. The molecular weight excluding hydrogens is 238 g/mol. The Kier molecular flexibility index (Phi) is 2.93. The van der Waals surface area contributed by atoms with E-state index in [-0.39, 0.29) is 5.75 Å². The predicted molar refractivity (Wildman–Crippen MR) is 74.0 cm³/mol. The van der Waals surface area contributed by atoms with Crippen LogP contribution in [0.4, 0.5) is 0 Å². The monoisotopic (exact) mass is 253 g/mol. The summed E-state index contributed by atoms with van der Waals surface area (Å²) in [4.78, 5) is 4.45. The van der Waals surface area contributed by atoms with Crippen molar-refractivity contribution in [3.05, 3.63) is 65.7 Å². The van der Waals surface area contributed by atoms with Crippen molar-refractivity contribution in [2.75, 3.05) is 0 Å². The first kappa shape index (κ1) is 11.7. The number of aromatic nitrogens is 2. The first-order valence-electron chi connectivity index (χ1n) is 6.20. The minimum atomic E-state index is 0.275. The summed E-state index contributed by atoms with van der Waals surface area (Å²) in [6, 6.07) is 13.2. The first-order chi connectivity index (χ1) is 9.28. The fraction of sp³-hybridized carbons (Fsp3) is 0.133. The second-order valence-electron chi connectivity index (χ2n) is 4.50. The minimum Gasteiger partial charge on any atom is -0.508 e. The van der Waals surface area contributed by atoms with E-state index in [2.05, 4.69) is 9.38 Å². The molecule has 0 fully saturated rings. The van der Waals surface area contributed by atoms with E-state index in [4.69, 9.17) is 5.73 Å². The summed E-state index contributed by atoms with van der Waals surface area (Å²) in [5.41, 5.74) is 8.87. The molecule has 0 amide bonds. The van der Waals surface area contributed by atoms with E-state index in [0.29, 0.717) is 13.0 Å². The third-order valence-electron chi connectivity index (χ3n) is 3.19. The van der Waals surface area contributed by atoms with E-state index in [1.165, 1.54) is 0 Å². The molecule has 19 heavy (non-hydrogen) atoms. The van der Waals surface area contributed by atoms with Crippen LogP contribution < -0.4 is 5.73 Å². The zero-order valence-corrected chi connectivity index (χ0v) is 10.5. The average molecular weight is 253 g/mol. The third kappa shape index (κ3) is 2.18. The quantitative estimate of drug-likeness (QED) is 0.751. The number of fused-ring (bicyclic) bond motifs is 1. The number of benzene rings is 1. The van der Waals surface area contributed by atoms with Crippen LogP contribution in [0, 0.1) is 0 Å². The van der Waals surface area contributed by atoms with Crippen molar-refractivity contribution in [2.24, 2.45) is 5.73 Å². The Morgan fingerprint density at radius 3 is 2.79 bits per heavy atom. The molecule has 3 aromatic rings. The van der Waals surface area contributed by atoms with E-state index in [9.17, 15) is 5.11 Å². The van der Waals surface area contributed by atoms with Gasteiger partial charge in [0.05, 0.1) is 11.7 Å². The van der Waals surface area contributed by atoms with Crippen molar-refractivity contribution in [2.45, 2.75) is 13.0 Å². The smallest absolute Gasteiger partial charge is 0.117 e. The third-order valence-corrected chi connectivity index (χ3v) is 3.19. The molecule has 0 saturated carbocycles. The fourth-order valence-corrected chi connectivity index (χ4v) is 2.32. The SMILES string of the molecule is NCc1cccc2cnc(Cc3cccc(O)c3)n12. The molecule has 0 aliphatic carbocycles. The summed E-state index contributed by atoms with van der Waals surface area (Å²) in [6.07, 6.45) is 2.51. The van der Waals surface area contributed by atoms with Crippen LogP contribution in [-0.2, 0) is 13.0 Å². The summed E-state index contributed by atoms with van der Waals surface area (Å²) >= 11 is 0. The summed E-state index contributed by atoms with van der Waals surface area (Å²) in [6.45, 7) is 0.473. The van der Waals surface area contributed by atoms with Gasteiger partial charge in [0.2, 0.25) is 0 Å². The van der Waals surface area contributed by atoms with Crippen LogP contribution in [0.15, 0.2) is 48.7 Å². The number of phenols is 1. The summed E-state index contributed by atoms with van der Waals surface area (Å²) < 4.78 is 2.07. The van der Waals surface area contributed by atoms with Crippen LogP contribution >= 0.6 is 0 Å². The maximum atomic E-state index is 9.51. The Labute approximate surface area is 111 Å². The average Bonchev–Trinajstić information content (AvgIpc) is 2.82. The van der Waals surface area contributed by atoms with Crippen molar-refractivity contribution in [1.82, 2.24) is 9.38 Å². The molecule has 0 spiro atoms. The van der Waals surface area contributed by atoms with E-state index >= 15 is 0 Å². The number of nitrogens with zero attached hydrogens (tertiary/aromatic N) is 2. The molecule has 2 aromatic heterocycles. The van der Waals surface area contributed by atoms with Crippen LogP contribution in [0.25, 0.3) is 5.52 Å². The summed E-state index contributed by atoms with van der Waals surface area (Å²) in [5.74, 6) is 1.21. The van der Waals surface area contributed by atoms with Gasteiger partial charge in [0, 0.05) is 18.7 Å². The molecular formula is C15H15N3O. The molecule has 0 saturated heterocycles. The lowest BCUT2D eigenvalue weighted by atomic mass is 10.1. The molecule has 0 unspecified atom stereocenters. The Morgan fingerprint density at radius 1 is 1.16 bits per heavy atom.